The van der Waals surface area contributed by atoms with E-state index < -0.39 is 0 Å². The Balaban J connectivity index is 2.35. The number of ether oxygens (including phenoxy) is 1. The van der Waals surface area contributed by atoms with Crippen LogP contribution in [0.2, 0.25) is 0 Å². The molecule has 1 aromatic heterocycles. The molecule has 3 heteroatoms. The fourth-order valence-electron chi connectivity index (χ4n) is 1.47. The molecule has 0 saturated heterocycles. The van der Waals surface area contributed by atoms with Crippen molar-refractivity contribution in [1.82, 2.24) is 9.55 Å². The minimum Gasteiger partial charge on any atom is -0.372 e. The molecule has 60 valence electrons. The third-order valence-electron chi connectivity index (χ3n) is 2.38. The van der Waals surface area contributed by atoms with E-state index in [1.165, 1.54) is 5.69 Å². The molecule has 0 bridgehead atoms. The van der Waals surface area contributed by atoms with E-state index in [2.05, 4.69) is 4.98 Å². The van der Waals surface area contributed by atoms with Crippen LogP contribution < -0.4 is 0 Å². The van der Waals surface area contributed by atoms with Gasteiger partial charge in [-0.3, -0.25) is 0 Å². The fourth-order valence-corrected chi connectivity index (χ4v) is 1.47. The largest absolute Gasteiger partial charge is 0.372 e. The molecule has 0 N–H and O–H groups in total. The molecule has 1 saturated carbocycles. The number of methoxy groups -OCH3 is 1. The minimum absolute atomic E-state index is 0.00521. The molecular formula is C8H12N2O. The van der Waals surface area contributed by atoms with Crippen LogP contribution in [0.4, 0.5) is 0 Å². The van der Waals surface area contributed by atoms with E-state index in [4.69, 9.17) is 4.74 Å². The average Bonchev–Trinajstić information content (AvgIpc) is 2.70. The standard InChI is InChI=1S/C8H12N2O/c1-10-6-9-5-7(10)8(11-2)3-4-8/h5-6H,3-4H2,1-2H3. The van der Waals surface area contributed by atoms with Crippen molar-refractivity contribution in [2.24, 2.45) is 7.05 Å². The number of rotatable bonds is 2. The summed E-state index contributed by atoms with van der Waals surface area (Å²) in [6.45, 7) is 0. The number of aryl methyl sites for hydroxylation is 1. The van der Waals surface area contributed by atoms with Crippen LogP contribution in [0.15, 0.2) is 12.5 Å². The topological polar surface area (TPSA) is 27.1 Å². The van der Waals surface area contributed by atoms with Gasteiger partial charge in [0.1, 0.15) is 5.60 Å². The van der Waals surface area contributed by atoms with Crippen LogP contribution in [0.5, 0.6) is 0 Å². The highest BCUT2D eigenvalue weighted by atomic mass is 16.5. The second kappa shape index (κ2) is 2.08. The second-order valence-electron chi connectivity index (χ2n) is 3.09. The molecule has 0 spiro atoms. The highest BCUT2D eigenvalue weighted by molar-refractivity contribution is 5.18. The number of hydrogen-bond acceptors (Lipinski definition) is 2. The van der Waals surface area contributed by atoms with Gasteiger partial charge in [0.2, 0.25) is 0 Å². The van der Waals surface area contributed by atoms with Crippen LogP contribution in [-0.4, -0.2) is 16.7 Å². The number of imidazole rings is 1. The first-order chi connectivity index (χ1) is 5.28. The van der Waals surface area contributed by atoms with Crippen LogP contribution in [0.3, 0.4) is 0 Å². The van der Waals surface area contributed by atoms with Crippen LogP contribution in [0.25, 0.3) is 0 Å². The summed E-state index contributed by atoms with van der Waals surface area (Å²) in [6, 6.07) is 0. The van der Waals surface area contributed by atoms with Gasteiger partial charge < -0.3 is 9.30 Å². The predicted molar refractivity (Wildman–Crippen MR) is 41.1 cm³/mol. The van der Waals surface area contributed by atoms with Gasteiger partial charge in [-0.1, -0.05) is 0 Å². The number of hydrogen-bond donors (Lipinski definition) is 0. The van der Waals surface area contributed by atoms with Crippen molar-refractivity contribution >= 4 is 0 Å². The van der Waals surface area contributed by atoms with Crippen molar-refractivity contribution in [3.05, 3.63) is 18.2 Å². The van der Waals surface area contributed by atoms with E-state index in [-0.39, 0.29) is 5.60 Å². The summed E-state index contributed by atoms with van der Waals surface area (Å²) in [6.07, 6.45) is 5.96. The van der Waals surface area contributed by atoms with Gasteiger partial charge in [-0.25, -0.2) is 4.98 Å². The molecule has 0 aliphatic heterocycles. The molecule has 0 unspecified atom stereocenters. The molecule has 0 atom stereocenters. The van der Waals surface area contributed by atoms with Gasteiger partial charge in [0.15, 0.2) is 0 Å². The predicted octanol–water partition coefficient (Wildman–Crippen LogP) is 1.06. The Kier molecular flexibility index (Phi) is 1.29. The van der Waals surface area contributed by atoms with Crippen LogP contribution >= 0.6 is 0 Å². The number of aromatic nitrogens is 2. The van der Waals surface area contributed by atoms with Gasteiger partial charge in [0, 0.05) is 14.2 Å². The Hall–Kier alpha value is -0.830. The maximum Gasteiger partial charge on any atom is 0.109 e. The molecular weight excluding hydrogens is 140 g/mol. The zero-order chi connectivity index (χ0) is 7.90. The van der Waals surface area contributed by atoms with Gasteiger partial charge in [0.05, 0.1) is 18.2 Å². The average molecular weight is 152 g/mol. The molecule has 0 radical (unpaired) electrons. The maximum atomic E-state index is 5.41. The van der Waals surface area contributed by atoms with Crippen molar-refractivity contribution in [1.29, 1.82) is 0 Å². The van der Waals surface area contributed by atoms with Crippen molar-refractivity contribution in [2.45, 2.75) is 18.4 Å². The maximum absolute atomic E-state index is 5.41. The van der Waals surface area contributed by atoms with E-state index in [0.717, 1.165) is 12.8 Å². The fraction of sp³-hybridized carbons (Fsp3) is 0.625. The van der Waals surface area contributed by atoms with Crippen molar-refractivity contribution in [3.63, 3.8) is 0 Å². The summed E-state index contributed by atoms with van der Waals surface area (Å²) in [5, 5.41) is 0. The van der Waals surface area contributed by atoms with Crippen molar-refractivity contribution in [3.8, 4) is 0 Å². The van der Waals surface area contributed by atoms with E-state index in [1.54, 1.807) is 7.11 Å². The molecule has 1 fully saturated rings. The van der Waals surface area contributed by atoms with E-state index in [9.17, 15) is 0 Å². The van der Waals surface area contributed by atoms with Crippen LogP contribution in [-0.2, 0) is 17.4 Å². The Morgan fingerprint density at radius 3 is 2.73 bits per heavy atom. The lowest BCUT2D eigenvalue weighted by Crippen LogP contribution is -2.12. The summed E-state index contributed by atoms with van der Waals surface area (Å²) in [5.41, 5.74) is 1.20. The molecule has 2 rings (SSSR count). The van der Waals surface area contributed by atoms with E-state index in [0.29, 0.717) is 0 Å². The summed E-state index contributed by atoms with van der Waals surface area (Å²) < 4.78 is 7.44. The monoisotopic (exact) mass is 152 g/mol. The third kappa shape index (κ3) is 0.878. The normalized spacial score (nSPS) is 20.2. The summed E-state index contributed by atoms with van der Waals surface area (Å²) in [7, 11) is 3.77. The van der Waals surface area contributed by atoms with Crippen LogP contribution in [0, 0.1) is 0 Å². The lowest BCUT2D eigenvalue weighted by atomic mass is 10.2. The van der Waals surface area contributed by atoms with Crippen molar-refractivity contribution < 1.29 is 4.74 Å². The smallest absolute Gasteiger partial charge is 0.109 e. The van der Waals surface area contributed by atoms with Gasteiger partial charge in [-0.2, -0.15) is 0 Å². The first-order valence-corrected chi connectivity index (χ1v) is 3.80. The van der Waals surface area contributed by atoms with E-state index in [1.807, 2.05) is 24.1 Å². The zero-order valence-electron chi connectivity index (χ0n) is 6.87. The Morgan fingerprint density at radius 1 is 1.64 bits per heavy atom. The first-order valence-electron chi connectivity index (χ1n) is 3.80. The van der Waals surface area contributed by atoms with E-state index >= 15 is 0 Å². The molecule has 11 heavy (non-hydrogen) atoms. The Bertz CT molecular complexity index is 263. The summed E-state index contributed by atoms with van der Waals surface area (Å²) in [5.74, 6) is 0. The first kappa shape index (κ1) is 6.85. The molecule has 1 aromatic rings. The summed E-state index contributed by atoms with van der Waals surface area (Å²) >= 11 is 0. The lowest BCUT2D eigenvalue weighted by molar-refractivity contribution is 0.0727. The minimum atomic E-state index is 0.00521. The molecule has 0 aromatic carbocycles. The SMILES string of the molecule is COC1(c2cncn2C)CC1. The Labute approximate surface area is 66.0 Å². The highest BCUT2D eigenvalue weighted by Gasteiger charge is 2.46. The summed E-state index contributed by atoms with van der Waals surface area (Å²) in [4.78, 5) is 4.06. The van der Waals surface area contributed by atoms with Crippen LogP contribution in [0.1, 0.15) is 18.5 Å². The second-order valence-corrected chi connectivity index (χ2v) is 3.09. The zero-order valence-corrected chi connectivity index (χ0v) is 6.87. The Morgan fingerprint density at radius 2 is 2.36 bits per heavy atom. The highest BCUT2D eigenvalue weighted by Crippen LogP contribution is 2.48. The van der Waals surface area contributed by atoms with Gasteiger partial charge in [-0.05, 0) is 12.8 Å². The quantitative estimate of drug-likeness (QED) is 0.633. The molecule has 0 amide bonds. The molecule has 3 nitrogen and oxygen atoms in total. The molecule has 1 aliphatic carbocycles. The van der Waals surface area contributed by atoms with Gasteiger partial charge in [0.25, 0.3) is 0 Å². The van der Waals surface area contributed by atoms with Gasteiger partial charge in [-0.15, -0.1) is 0 Å². The lowest BCUT2D eigenvalue weighted by Gasteiger charge is -2.12. The van der Waals surface area contributed by atoms with Gasteiger partial charge >= 0.3 is 0 Å². The third-order valence-corrected chi connectivity index (χ3v) is 2.38. The molecule has 1 aliphatic rings. The molecule has 1 heterocycles. The number of nitrogens with zero attached hydrogens (tertiary/aromatic N) is 2. The van der Waals surface area contributed by atoms with Crippen molar-refractivity contribution in [2.75, 3.05) is 7.11 Å².